The molecular formula is C17H12N4O. The van der Waals surface area contributed by atoms with E-state index in [1.165, 1.54) is 0 Å². The molecule has 1 aromatic heterocycles. The van der Waals surface area contributed by atoms with Gasteiger partial charge in [0.05, 0.1) is 17.3 Å². The highest BCUT2D eigenvalue weighted by atomic mass is 16.3. The van der Waals surface area contributed by atoms with Crippen LogP contribution in [0.2, 0.25) is 0 Å². The zero-order valence-corrected chi connectivity index (χ0v) is 11.6. The molecule has 0 fully saturated rings. The first-order valence-corrected chi connectivity index (χ1v) is 6.64. The maximum atomic E-state index is 9.28. The van der Waals surface area contributed by atoms with Gasteiger partial charge in [0.1, 0.15) is 5.75 Å². The summed E-state index contributed by atoms with van der Waals surface area (Å²) in [5, 5.41) is 21.3. The molecule has 2 N–H and O–H groups in total. The molecule has 1 heterocycles. The Labute approximate surface area is 127 Å². The summed E-state index contributed by atoms with van der Waals surface area (Å²) in [6.45, 7) is 0. The largest absolute Gasteiger partial charge is 0.508 e. The van der Waals surface area contributed by atoms with Gasteiger partial charge in [-0.2, -0.15) is 5.26 Å². The Morgan fingerprint density at radius 1 is 1.05 bits per heavy atom. The standard InChI is InChI=1S/C17H12N4O/c18-11-12-2-1-3-13(10-12)16-8-9-19-17(21-16)20-14-4-6-15(22)7-5-14/h1-10,22H,(H,19,20,21). The first-order chi connectivity index (χ1) is 10.7. The SMILES string of the molecule is N#Cc1cccc(-c2ccnc(Nc3ccc(O)cc3)n2)c1. The molecular weight excluding hydrogens is 276 g/mol. The van der Waals surface area contributed by atoms with Crippen molar-refractivity contribution in [3.63, 3.8) is 0 Å². The maximum absolute atomic E-state index is 9.28. The maximum Gasteiger partial charge on any atom is 0.227 e. The number of phenolic OH excluding ortho intramolecular Hbond substituents is 1. The second-order valence-corrected chi connectivity index (χ2v) is 4.63. The summed E-state index contributed by atoms with van der Waals surface area (Å²) in [4.78, 5) is 8.62. The number of phenols is 1. The van der Waals surface area contributed by atoms with E-state index in [0.717, 1.165) is 16.9 Å². The third-order valence-electron chi connectivity index (χ3n) is 3.07. The lowest BCUT2D eigenvalue weighted by Crippen LogP contribution is -1.97. The Hall–Kier alpha value is -3.39. The van der Waals surface area contributed by atoms with E-state index >= 15 is 0 Å². The molecule has 0 saturated heterocycles. The van der Waals surface area contributed by atoms with E-state index in [1.54, 1.807) is 48.7 Å². The van der Waals surface area contributed by atoms with Gasteiger partial charge in [-0.1, -0.05) is 12.1 Å². The molecule has 0 spiro atoms. The van der Waals surface area contributed by atoms with E-state index in [2.05, 4.69) is 21.4 Å². The van der Waals surface area contributed by atoms with E-state index in [0.29, 0.717) is 11.5 Å². The predicted octanol–water partition coefficient (Wildman–Crippen LogP) is 3.46. The van der Waals surface area contributed by atoms with Crippen molar-refractivity contribution in [2.45, 2.75) is 0 Å². The fourth-order valence-corrected chi connectivity index (χ4v) is 2.00. The van der Waals surface area contributed by atoms with Crippen LogP contribution in [-0.4, -0.2) is 15.1 Å². The van der Waals surface area contributed by atoms with Gasteiger partial charge in [-0.3, -0.25) is 0 Å². The van der Waals surface area contributed by atoms with Crippen LogP contribution in [0, 0.1) is 11.3 Å². The molecule has 5 heteroatoms. The lowest BCUT2D eigenvalue weighted by Gasteiger charge is -2.07. The van der Waals surface area contributed by atoms with Gasteiger partial charge in [-0.25, -0.2) is 9.97 Å². The number of aromatic nitrogens is 2. The van der Waals surface area contributed by atoms with Gasteiger partial charge in [-0.15, -0.1) is 0 Å². The third kappa shape index (κ3) is 3.02. The van der Waals surface area contributed by atoms with Crippen molar-refractivity contribution in [3.8, 4) is 23.1 Å². The summed E-state index contributed by atoms with van der Waals surface area (Å²) in [5.74, 6) is 0.652. The minimum Gasteiger partial charge on any atom is -0.508 e. The van der Waals surface area contributed by atoms with Crippen molar-refractivity contribution < 1.29 is 5.11 Å². The van der Waals surface area contributed by atoms with Gasteiger partial charge in [0.25, 0.3) is 0 Å². The molecule has 0 radical (unpaired) electrons. The second-order valence-electron chi connectivity index (χ2n) is 4.63. The summed E-state index contributed by atoms with van der Waals surface area (Å²) < 4.78 is 0. The molecule has 0 saturated carbocycles. The Balaban J connectivity index is 1.89. The number of nitriles is 1. The molecule has 0 aliphatic heterocycles. The summed E-state index contributed by atoms with van der Waals surface area (Å²) in [6.07, 6.45) is 1.66. The number of hydrogen-bond donors (Lipinski definition) is 2. The molecule has 0 atom stereocenters. The van der Waals surface area contributed by atoms with Crippen molar-refractivity contribution in [2.75, 3.05) is 5.32 Å². The van der Waals surface area contributed by atoms with Crippen LogP contribution in [0.4, 0.5) is 11.6 Å². The summed E-state index contributed by atoms with van der Waals surface area (Å²) in [5.41, 5.74) is 2.95. The number of aromatic hydroxyl groups is 1. The summed E-state index contributed by atoms with van der Waals surface area (Å²) in [6, 6.07) is 17.8. The quantitative estimate of drug-likeness (QED) is 0.721. The van der Waals surface area contributed by atoms with Crippen LogP contribution >= 0.6 is 0 Å². The smallest absolute Gasteiger partial charge is 0.227 e. The second kappa shape index (κ2) is 5.94. The molecule has 0 aliphatic rings. The summed E-state index contributed by atoms with van der Waals surface area (Å²) in [7, 11) is 0. The monoisotopic (exact) mass is 288 g/mol. The number of rotatable bonds is 3. The predicted molar refractivity (Wildman–Crippen MR) is 83.6 cm³/mol. The zero-order valence-electron chi connectivity index (χ0n) is 11.6. The van der Waals surface area contributed by atoms with E-state index in [9.17, 15) is 5.11 Å². The van der Waals surface area contributed by atoms with Crippen LogP contribution in [0.5, 0.6) is 5.75 Å². The first-order valence-electron chi connectivity index (χ1n) is 6.64. The van der Waals surface area contributed by atoms with Crippen LogP contribution in [0.3, 0.4) is 0 Å². The van der Waals surface area contributed by atoms with Crippen molar-refractivity contribution in [3.05, 3.63) is 66.4 Å². The minimum absolute atomic E-state index is 0.202. The zero-order chi connectivity index (χ0) is 15.4. The van der Waals surface area contributed by atoms with Gasteiger partial charge in [-0.05, 0) is 42.5 Å². The molecule has 2 aromatic carbocycles. The van der Waals surface area contributed by atoms with Crippen molar-refractivity contribution in [1.82, 2.24) is 9.97 Å². The number of anilines is 2. The molecule has 0 amide bonds. The van der Waals surface area contributed by atoms with Gasteiger partial charge in [0, 0.05) is 17.4 Å². The highest BCUT2D eigenvalue weighted by molar-refractivity contribution is 5.63. The molecule has 5 nitrogen and oxygen atoms in total. The Morgan fingerprint density at radius 3 is 2.64 bits per heavy atom. The van der Waals surface area contributed by atoms with E-state index in [1.807, 2.05) is 12.1 Å². The normalized spacial score (nSPS) is 9.95. The van der Waals surface area contributed by atoms with Crippen molar-refractivity contribution >= 4 is 11.6 Å². The molecule has 0 aliphatic carbocycles. The molecule has 0 unspecified atom stereocenters. The lowest BCUT2D eigenvalue weighted by molar-refractivity contribution is 0.475. The van der Waals surface area contributed by atoms with E-state index in [-0.39, 0.29) is 5.75 Å². The lowest BCUT2D eigenvalue weighted by atomic mass is 10.1. The fourth-order valence-electron chi connectivity index (χ4n) is 2.00. The van der Waals surface area contributed by atoms with Crippen LogP contribution in [-0.2, 0) is 0 Å². The molecule has 22 heavy (non-hydrogen) atoms. The number of nitrogens with zero attached hydrogens (tertiary/aromatic N) is 3. The van der Waals surface area contributed by atoms with E-state index < -0.39 is 0 Å². The first kappa shape index (κ1) is 13.6. The average Bonchev–Trinajstić information content (AvgIpc) is 2.57. The Kier molecular flexibility index (Phi) is 3.67. The van der Waals surface area contributed by atoms with Gasteiger partial charge in [0.2, 0.25) is 5.95 Å². The number of hydrogen-bond acceptors (Lipinski definition) is 5. The molecule has 3 aromatic rings. The minimum atomic E-state index is 0.202. The van der Waals surface area contributed by atoms with Crippen LogP contribution in [0.15, 0.2) is 60.8 Å². The van der Waals surface area contributed by atoms with Crippen molar-refractivity contribution in [1.29, 1.82) is 5.26 Å². The fraction of sp³-hybridized carbons (Fsp3) is 0. The number of nitrogens with one attached hydrogen (secondary N) is 1. The number of benzene rings is 2. The molecule has 106 valence electrons. The topological polar surface area (TPSA) is 81.8 Å². The average molecular weight is 288 g/mol. The van der Waals surface area contributed by atoms with Crippen LogP contribution in [0.25, 0.3) is 11.3 Å². The Bertz CT molecular complexity index is 838. The van der Waals surface area contributed by atoms with Gasteiger partial charge < -0.3 is 10.4 Å². The van der Waals surface area contributed by atoms with Crippen LogP contribution in [0.1, 0.15) is 5.56 Å². The van der Waals surface area contributed by atoms with E-state index in [4.69, 9.17) is 5.26 Å². The van der Waals surface area contributed by atoms with Crippen LogP contribution < -0.4 is 5.32 Å². The third-order valence-corrected chi connectivity index (χ3v) is 3.07. The molecule has 3 rings (SSSR count). The van der Waals surface area contributed by atoms with Crippen molar-refractivity contribution in [2.24, 2.45) is 0 Å². The summed E-state index contributed by atoms with van der Waals surface area (Å²) >= 11 is 0. The highest BCUT2D eigenvalue weighted by Crippen LogP contribution is 2.21. The van der Waals surface area contributed by atoms with Gasteiger partial charge in [0.15, 0.2) is 0 Å². The van der Waals surface area contributed by atoms with Gasteiger partial charge >= 0.3 is 0 Å². The Morgan fingerprint density at radius 2 is 1.86 bits per heavy atom. The molecule has 0 bridgehead atoms. The highest BCUT2D eigenvalue weighted by Gasteiger charge is 2.04.